The molecule has 0 N–H and O–H groups in total. The van der Waals surface area contributed by atoms with E-state index in [4.69, 9.17) is 9.47 Å². The fraction of sp³-hybridized carbons (Fsp3) is 0.750. The van der Waals surface area contributed by atoms with Crippen LogP contribution >= 0.6 is 0 Å². The number of ether oxygens (including phenoxy) is 2. The number of epoxide rings is 2. The van der Waals surface area contributed by atoms with E-state index in [0.717, 1.165) is 39.3 Å². The van der Waals surface area contributed by atoms with Crippen molar-refractivity contribution in [1.82, 2.24) is 4.90 Å². The van der Waals surface area contributed by atoms with E-state index < -0.39 is 0 Å². The maximum atomic E-state index is 5.29. The molecule has 4 nitrogen and oxygen atoms in total. The van der Waals surface area contributed by atoms with Gasteiger partial charge in [-0.1, -0.05) is 6.08 Å². The predicted octanol–water partition coefficient (Wildman–Crippen LogP) is 0.690. The lowest BCUT2D eigenvalue weighted by molar-refractivity contribution is 0.215. The molecule has 16 heavy (non-hydrogen) atoms. The van der Waals surface area contributed by atoms with Gasteiger partial charge in [-0.3, -0.25) is 9.89 Å². The maximum Gasteiger partial charge on any atom is 0.0936 e. The van der Waals surface area contributed by atoms with Crippen LogP contribution in [0.1, 0.15) is 6.42 Å². The van der Waals surface area contributed by atoms with Gasteiger partial charge in [-0.2, -0.15) is 0 Å². The molecule has 2 fully saturated rings. The first kappa shape index (κ1) is 10.4. The summed E-state index contributed by atoms with van der Waals surface area (Å²) in [4.78, 5) is 6.58. The van der Waals surface area contributed by atoms with Crippen LogP contribution in [-0.4, -0.2) is 56.2 Å². The van der Waals surface area contributed by atoms with Crippen molar-refractivity contribution in [1.29, 1.82) is 0 Å². The molecule has 3 atom stereocenters. The Kier molecular flexibility index (Phi) is 3.04. The number of nitrogens with zero attached hydrogens (tertiary/aromatic N) is 2. The molecule has 2 saturated heterocycles. The van der Waals surface area contributed by atoms with Gasteiger partial charge >= 0.3 is 0 Å². The van der Waals surface area contributed by atoms with Gasteiger partial charge in [-0.25, -0.2) is 0 Å². The van der Waals surface area contributed by atoms with Gasteiger partial charge in [0.1, 0.15) is 0 Å². The van der Waals surface area contributed by atoms with Crippen LogP contribution in [0.4, 0.5) is 0 Å². The molecule has 0 aromatic rings. The van der Waals surface area contributed by atoms with Crippen LogP contribution in [0.3, 0.4) is 0 Å². The van der Waals surface area contributed by atoms with E-state index in [-0.39, 0.29) is 0 Å². The standard InChI is InChI=1S/C12H18N2O2/c1-3-13-5-10(1)2-4-14(6-11-8-15-11)7-12-9-16-12/h1,3,5,10-12H,2,4,6-9H2. The minimum atomic E-state index is 0.478. The van der Waals surface area contributed by atoms with E-state index in [1.54, 1.807) is 0 Å². The number of allylic oxidation sites excluding steroid dienone is 1. The Morgan fingerprint density at radius 3 is 2.38 bits per heavy atom. The van der Waals surface area contributed by atoms with E-state index in [9.17, 15) is 0 Å². The third-order valence-electron chi connectivity index (χ3n) is 3.20. The maximum absolute atomic E-state index is 5.29. The highest BCUT2D eigenvalue weighted by Crippen LogP contribution is 2.17. The van der Waals surface area contributed by atoms with Crippen molar-refractivity contribution in [2.75, 3.05) is 32.8 Å². The van der Waals surface area contributed by atoms with Gasteiger partial charge in [0.2, 0.25) is 0 Å². The summed E-state index contributed by atoms with van der Waals surface area (Å²) in [5, 5.41) is 0. The highest BCUT2D eigenvalue weighted by molar-refractivity contribution is 5.66. The Bertz CT molecular complexity index is 269. The molecule has 0 amide bonds. The Morgan fingerprint density at radius 1 is 1.19 bits per heavy atom. The molecule has 0 aromatic heterocycles. The second-order valence-corrected chi connectivity index (χ2v) is 4.76. The molecule has 0 saturated carbocycles. The zero-order chi connectivity index (χ0) is 10.8. The minimum Gasteiger partial charge on any atom is -0.372 e. The van der Waals surface area contributed by atoms with Crippen molar-refractivity contribution >= 4 is 6.21 Å². The van der Waals surface area contributed by atoms with Crippen molar-refractivity contribution < 1.29 is 9.47 Å². The lowest BCUT2D eigenvalue weighted by Crippen LogP contribution is -2.33. The molecule has 0 bridgehead atoms. The van der Waals surface area contributed by atoms with Crippen LogP contribution in [0, 0.1) is 5.92 Å². The Balaban J connectivity index is 1.42. The van der Waals surface area contributed by atoms with Crippen molar-refractivity contribution in [3.63, 3.8) is 0 Å². The topological polar surface area (TPSA) is 40.7 Å². The van der Waals surface area contributed by atoms with E-state index in [0.29, 0.717) is 18.1 Å². The van der Waals surface area contributed by atoms with Crippen molar-refractivity contribution in [3.05, 3.63) is 12.3 Å². The fourth-order valence-electron chi connectivity index (χ4n) is 2.05. The summed E-state index contributed by atoms with van der Waals surface area (Å²) in [6.45, 7) is 5.11. The summed E-state index contributed by atoms with van der Waals surface area (Å²) in [5.41, 5.74) is 0. The summed E-state index contributed by atoms with van der Waals surface area (Å²) >= 11 is 0. The van der Waals surface area contributed by atoms with Gasteiger partial charge in [0.15, 0.2) is 0 Å². The lowest BCUT2D eigenvalue weighted by atomic mass is 10.1. The van der Waals surface area contributed by atoms with Crippen LogP contribution in [-0.2, 0) is 9.47 Å². The molecule has 3 aliphatic rings. The quantitative estimate of drug-likeness (QED) is 0.595. The smallest absolute Gasteiger partial charge is 0.0936 e. The van der Waals surface area contributed by atoms with Crippen LogP contribution in [0.15, 0.2) is 17.3 Å². The number of aliphatic imine (C=N–C) groups is 1. The Morgan fingerprint density at radius 2 is 1.88 bits per heavy atom. The fourth-order valence-corrected chi connectivity index (χ4v) is 2.05. The molecule has 3 heterocycles. The lowest BCUT2D eigenvalue weighted by Gasteiger charge is -2.21. The molecule has 0 aliphatic carbocycles. The van der Waals surface area contributed by atoms with Crippen molar-refractivity contribution in [2.24, 2.45) is 10.9 Å². The SMILES string of the molecule is C1=CC(CCN(CC2CO2)CC2CO2)C=N1. The van der Waals surface area contributed by atoms with Crippen LogP contribution in [0.2, 0.25) is 0 Å². The summed E-state index contributed by atoms with van der Waals surface area (Å²) in [5.74, 6) is 0.530. The molecule has 3 aliphatic heterocycles. The highest BCUT2D eigenvalue weighted by atomic mass is 16.6. The van der Waals surface area contributed by atoms with E-state index >= 15 is 0 Å². The largest absolute Gasteiger partial charge is 0.372 e. The molecule has 88 valence electrons. The number of hydrogen-bond donors (Lipinski definition) is 0. The van der Waals surface area contributed by atoms with Gasteiger partial charge in [0, 0.05) is 31.4 Å². The first-order valence-electron chi connectivity index (χ1n) is 6.06. The molecule has 0 aromatic carbocycles. The monoisotopic (exact) mass is 222 g/mol. The average Bonchev–Trinajstić information content (AvgIpc) is 3.20. The third-order valence-corrected chi connectivity index (χ3v) is 3.20. The van der Waals surface area contributed by atoms with Crippen LogP contribution < -0.4 is 0 Å². The van der Waals surface area contributed by atoms with Gasteiger partial charge in [-0.05, 0) is 13.0 Å². The zero-order valence-electron chi connectivity index (χ0n) is 9.42. The van der Waals surface area contributed by atoms with E-state index in [2.05, 4.69) is 16.0 Å². The van der Waals surface area contributed by atoms with Gasteiger partial charge in [0.05, 0.1) is 25.4 Å². The molecule has 0 spiro atoms. The van der Waals surface area contributed by atoms with Crippen LogP contribution in [0.5, 0.6) is 0 Å². The zero-order valence-corrected chi connectivity index (χ0v) is 9.42. The first-order chi connectivity index (χ1) is 7.90. The molecule has 4 heteroatoms. The van der Waals surface area contributed by atoms with Crippen molar-refractivity contribution in [2.45, 2.75) is 18.6 Å². The molecule has 3 unspecified atom stereocenters. The summed E-state index contributed by atoms with van der Waals surface area (Å²) < 4.78 is 10.6. The third kappa shape index (κ3) is 3.14. The Labute approximate surface area is 95.9 Å². The first-order valence-corrected chi connectivity index (χ1v) is 6.06. The number of hydrogen-bond acceptors (Lipinski definition) is 4. The average molecular weight is 222 g/mol. The predicted molar refractivity (Wildman–Crippen MR) is 61.7 cm³/mol. The van der Waals surface area contributed by atoms with Gasteiger partial charge in [0.25, 0.3) is 0 Å². The Hall–Kier alpha value is -0.710. The molecular weight excluding hydrogens is 204 g/mol. The normalized spacial score (nSPS) is 34.9. The highest BCUT2D eigenvalue weighted by Gasteiger charge is 2.30. The van der Waals surface area contributed by atoms with E-state index in [1.165, 1.54) is 0 Å². The molecular formula is C12H18N2O2. The van der Waals surface area contributed by atoms with Crippen molar-refractivity contribution in [3.8, 4) is 0 Å². The second kappa shape index (κ2) is 4.65. The van der Waals surface area contributed by atoms with E-state index in [1.807, 2.05) is 12.4 Å². The summed E-state index contributed by atoms with van der Waals surface area (Å²) in [6.07, 6.45) is 8.19. The number of rotatable bonds is 7. The molecule has 0 radical (unpaired) electrons. The summed E-state index contributed by atoms with van der Waals surface area (Å²) in [6, 6.07) is 0. The van der Waals surface area contributed by atoms with Crippen LogP contribution in [0.25, 0.3) is 0 Å². The minimum absolute atomic E-state index is 0.478. The van der Waals surface area contributed by atoms with Gasteiger partial charge < -0.3 is 9.47 Å². The second-order valence-electron chi connectivity index (χ2n) is 4.76. The summed E-state index contributed by atoms with van der Waals surface area (Å²) in [7, 11) is 0. The molecule has 3 rings (SSSR count). The van der Waals surface area contributed by atoms with Gasteiger partial charge in [-0.15, -0.1) is 0 Å².